The van der Waals surface area contributed by atoms with E-state index in [4.69, 9.17) is 4.74 Å². The Balaban J connectivity index is 1.67. The van der Waals surface area contributed by atoms with Crippen LogP contribution in [-0.4, -0.2) is 28.8 Å². The summed E-state index contributed by atoms with van der Waals surface area (Å²) in [6.07, 6.45) is 4.69. The summed E-state index contributed by atoms with van der Waals surface area (Å²) < 4.78 is 7.82. The van der Waals surface area contributed by atoms with Gasteiger partial charge in [0.25, 0.3) is 0 Å². The van der Waals surface area contributed by atoms with Crippen LogP contribution < -0.4 is 5.32 Å². The second-order valence-electron chi connectivity index (χ2n) is 5.23. The number of ether oxygens (including phenoxy) is 1. The Morgan fingerprint density at radius 2 is 2.20 bits per heavy atom. The Morgan fingerprint density at radius 3 is 2.95 bits per heavy atom. The lowest BCUT2D eigenvalue weighted by Crippen LogP contribution is -2.26. The summed E-state index contributed by atoms with van der Waals surface area (Å²) in [5, 5.41) is 3.48. The second kappa shape index (κ2) is 6.20. The van der Waals surface area contributed by atoms with Gasteiger partial charge in [-0.05, 0) is 31.9 Å². The number of imidazole rings is 1. The number of hydrogen-bond donors (Lipinski definition) is 1. The van der Waals surface area contributed by atoms with Crippen LogP contribution in [0.3, 0.4) is 0 Å². The molecule has 0 bridgehead atoms. The van der Waals surface area contributed by atoms with E-state index < -0.39 is 0 Å². The summed E-state index contributed by atoms with van der Waals surface area (Å²) in [5.74, 6) is 1.02. The lowest BCUT2D eigenvalue weighted by Gasteiger charge is -2.13. The Kier molecular flexibility index (Phi) is 4.14. The van der Waals surface area contributed by atoms with Crippen LogP contribution in [0.15, 0.2) is 36.5 Å². The molecule has 0 amide bonds. The van der Waals surface area contributed by atoms with Gasteiger partial charge in [0.05, 0.1) is 18.0 Å². The summed E-state index contributed by atoms with van der Waals surface area (Å²) in [6, 6.07) is 10.4. The molecule has 1 aliphatic heterocycles. The zero-order valence-corrected chi connectivity index (χ0v) is 11.9. The first kappa shape index (κ1) is 13.3. The third-order valence-corrected chi connectivity index (χ3v) is 3.73. The normalized spacial score (nSPS) is 18.6. The average Bonchev–Trinajstić information content (AvgIpc) is 3.10. The molecule has 1 saturated heterocycles. The van der Waals surface area contributed by atoms with E-state index in [9.17, 15) is 0 Å². The van der Waals surface area contributed by atoms with E-state index >= 15 is 0 Å². The first-order chi connectivity index (χ1) is 9.84. The van der Waals surface area contributed by atoms with E-state index in [0.717, 1.165) is 31.2 Å². The Bertz CT molecular complexity index is 544. The van der Waals surface area contributed by atoms with E-state index in [-0.39, 0.29) is 0 Å². The van der Waals surface area contributed by atoms with Gasteiger partial charge >= 0.3 is 0 Å². The van der Waals surface area contributed by atoms with Gasteiger partial charge in [0, 0.05) is 25.4 Å². The van der Waals surface area contributed by atoms with Crippen molar-refractivity contribution in [2.45, 2.75) is 32.4 Å². The van der Waals surface area contributed by atoms with Crippen molar-refractivity contribution >= 4 is 0 Å². The van der Waals surface area contributed by atoms with Gasteiger partial charge in [0.1, 0.15) is 5.82 Å². The fourth-order valence-corrected chi connectivity index (χ4v) is 2.71. The highest BCUT2D eigenvalue weighted by atomic mass is 16.5. The maximum atomic E-state index is 5.63. The predicted octanol–water partition coefficient (Wildman–Crippen LogP) is 2.45. The van der Waals surface area contributed by atoms with E-state index in [2.05, 4.69) is 39.1 Å². The van der Waals surface area contributed by atoms with Crippen molar-refractivity contribution in [3.05, 3.63) is 48.0 Å². The van der Waals surface area contributed by atoms with Crippen LogP contribution in [-0.2, 0) is 11.3 Å². The van der Waals surface area contributed by atoms with Gasteiger partial charge in [0.2, 0.25) is 0 Å². The van der Waals surface area contributed by atoms with Gasteiger partial charge in [-0.15, -0.1) is 0 Å². The molecule has 1 aromatic heterocycles. The summed E-state index contributed by atoms with van der Waals surface area (Å²) in [6.45, 7) is 4.68. The van der Waals surface area contributed by atoms with E-state index in [1.807, 2.05) is 19.2 Å². The minimum atomic E-state index is 0.379. The van der Waals surface area contributed by atoms with Crippen molar-refractivity contribution in [2.24, 2.45) is 0 Å². The third-order valence-electron chi connectivity index (χ3n) is 3.73. The summed E-state index contributed by atoms with van der Waals surface area (Å²) in [7, 11) is 0. The lowest BCUT2D eigenvalue weighted by molar-refractivity contribution is 0.110. The van der Waals surface area contributed by atoms with Crippen LogP contribution in [0.25, 0.3) is 5.69 Å². The highest BCUT2D eigenvalue weighted by molar-refractivity contribution is 5.35. The van der Waals surface area contributed by atoms with Crippen molar-refractivity contribution in [1.29, 1.82) is 0 Å². The number of nitrogens with one attached hydrogen (secondary N) is 1. The molecule has 2 heterocycles. The minimum absolute atomic E-state index is 0.379. The van der Waals surface area contributed by atoms with E-state index in [1.54, 1.807) is 0 Å². The van der Waals surface area contributed by atoms with Crippen LogP contribution in [0.4, 0.5) is 0 Å². The highest BCUT2D eigenvalue weighted by Gasteiger charge is 2.15. The van der Waals surface area contributed by atoms with Crippen molar-refractivity contribution < 1.29 is 4.74 Å². The number of aromatic nitrogens is 2. The number of benzene rings is 1. The summed E-state index contributed by atoms with van der Waals surface area (Å²) in [4.78, 5) is 4.44. The molecule has 106 valence electrons. The Labute approximate surface area is 119 Å². The molecule has 1 unspecified atom stereocenters. The van der Waals surface area contributed by atoms with Gasteiger partial charge in [0.15, 0.2) is 0 Å². The largest absolute Gasteiger partial charge is 0.377 e. The number of rotatable bonds is 5. The quantitative estimate of drug-likeness (QED) is 0.908. The fourth-order valence-electron chi connectivity index (χ4n) is 2.71. The topological polar surface area (TPSA) is 39.1 Å². The van der Waals surface area contributed by atoms with Gasteiger partial charge in [-0.3, -0.25) is 4.57 Å². The number of para-hydroxylation sites is 1. The monoisotopic (exact) mass is 271 g/mol. The van der Waals surface area contributed by atoms with Crippen molar-refractivity contribution in [1.82, 2.24) is 14.9 Å². The Morgan fingerprint density at radius 1 is 1.35 bits per heavy atom. The molecule has 1 fully saturated rings. The smallest absolute Gasteiger partial charge is 0.110 e. The van der Waals surface area contributed by atoms with Crippen LogP contribution in [0.1, 0.15) is 24.4 Å². The van der Waals surface area contributed by atoms with E-state index in [1.165, 1.54) is 18.5 Å². The molecule has 0 saturated carbocycles. The molecule has 1 N–H and O–H groups in total. The van der Waals surface area contributed by atoms with Crippen molar-refractivity contribution in [3.63, 3.8) is 0 Å². The zero-order valence-electron chi connectivity index (χ0n) is 11.9. The van der Waals surface area contributed by atoms with Crippen molar-refractivity contribution in [3.8, 4) is 5.69 Å². The third kappa shape index (κ3) is 2.92. The molecular formula is C16H21N3O. The molecule has 3 rings (SSSR count). The lowest BCUT2D eigenvalue weighted by atomic mass is 10.2. The first-order valence-corrected chi connectivity index (χ1v) is 7.25. The number of aryl methyl sites for hydroxylation is 1. The highest BCUT2D eigenvalue weighted by Crippen LogP contribution is 2.15. The maximum Gasteiger partial charge on any atom is 0.110 e. The molecule has 0 aliphatic carbocycles. The number of hydrogen-bond acceptors (Lipinski definition) is 3. The minimum Gasteiger partial charge on any atom is -0.377 e. The molecule has 4 nitrogen and oxygen atoms in total. The summed E-state index contributed by atoms with van der Waals surface area (Å²) in [5.41, 5.74) is 2.35. The molecule has 20 heavy (non-hydrogen) atoms. The van der Waals surface area contributed by atoms with Gasteiger partial charge < -0.3 is 10.1 Å². The van der Waals surface area contributed by atoms with Crippen LogP contribution in [0.5, 0.6) is 0 Å². The molecule has 0 spiro atoms. The fraction of sp³-hybridized carbons (Fsp3) is 0.438. The first-order valence-electron chi connectivity index (χ1n) is 7.25. The second-order valence-corrected chi connectivity index (χ2v) is 5.23. The van der Waals surface area contributed by atoms with Crippen LogP contribution >= 0.6 is 0 Å². The van der Waals surface area contributed by atoms with Gasteiger partial charge in [-0.2, -0.15) is 0 Å². The zero-order chi connectivity index (χ0) is 13.8. The molecule has 4 heteroatoms. The van der Waals surface area contributed by atoms with Crippen LogP contribution in [0.2, 0.25) is 0 Å². The Hall–Kier alpha value is -1.65. The molecule has 1 atom stereocenters. The van der Waals surface area contributed by atoms with Crippen molar-refractivity contribution in [2.75, 3.05) is 13.2 Å². The van der Waals surface area contributed by atoms with E-state index in [0.29, 0.717) is 6.10 Å². The molecule has 1 aliphatic rings. The van der Waals surface area contributed by atoms with Gasteiger partial charge in [-0.1, -0.05) is 18.2 Å². The molecule has 0 radical (unpaired) electrons. The standard InChI is InChI=1S/C16H21N3O/c1-13-18-11-15(10-17-12-16-8-5-9-20-16)19(13)14-6-3-2-4-7-14/h2-4,6-7,11,16-17H,5,8-10,12H2,1H3. The molecular weight excluding hydrogens is 250 g/mol. The molecule has 2 aromatic rings. The van der Waals surface area contributed by atoms with Crippen LogP contribution in [0, 0.1) is 6.92 Å². The van der Waals surface area contributed by atoms with Gasteiger partial charge in [-0.25, -0.2) is 4.98 Å². The number of nitrogens with zero attached hydrogens (tertiary/aromatic N) is 2. The maximum absolute atomic E-state index is 5.63. The average molecular weight is 271 g/mol. The molecule has 1 aromatic carbocycles. The predicted molar refractivity (Wildman–Crippen MR) is 79.0 cm³/mol. The summed E-state index contributed by atoms with van der Waals surface area (Å²) >= 11 is 0. The SMILES string of the molecule is Cc1ncc(CNCC2CCCO2)n1-c1ccccc1.